The first-order chi connectivity index (χ1) is 7.97. The van der Waals surface area contributed by atoms with Gasteiger partial charge in [0.05, 0.1) is 6.10 Å². The lowest BCUT2D eigenvalue weighted by Gasteiger charge is -2.17. The van der Waals surface area contributed by atoms with Gasteiger partial charge in [-0.1, -0.05) is 13.8 Å². The summed E-state index contributed by atoms with van der Waals surface area (Å²) in [5, 5.41) is 3.50. The number of anilines is 1. The highest BCUT2D eigenvalue weighted by Crippen LogP contribution is 2.18. The van der Waals surface area contributed by atoms with Crippen molar-refractivity contribution in [3.05, 3.63) is 24.3 Å². The molecule has 0 aliphatic heterocycles. The van der Waals surface area contributed by atoms with Crippen LogP contribution in [0, 0.1) is 5.92 Å². The zero-order valence-corrected chi connectivity index (χ0v) is 11.7. The molecule has 0 bridgehead atoms. The summed E-state index contributed by atoms with van der Waals surface area (Å²) >= 11 is 0. The Morgan fingerprint density at radius 1 is 1.00 bits per heavy atom. The van der Waals surface area contributed by atoms with Crippen molar-refractivity contribution in [2.45, 2.75) is 53.2 Å². The van der Waals surface area contributed by atoms with Crippen LogP contribution >= 0.6 is 0 Å². The minimum Gasteiger partial charge on any atom is -0.491 e. The summed E-state index contributed by atoms with van der Waals surface area (Å²) in [6.45, 7) is 10.8. The molecule has 1 aromatic rings. The Hall–Kier alpha value is -1.18. The molecule has 0 amide bonds. The first-order valence-corrected chi connectivity index (χ1v) is 6.50. The highest BCUT2D eigenvalue weighted by Gasteiger charge is 2.05. The van der Waals surface area contributed by atoms with E-state index in [0.717, 1.165) is 17.4 Å². The average molecular weight is 235 g/mol. The summed E-state index contributed by atoms with van der Waals surface area (Å²) in [5.41, 5.74) is 1.16. The molecule has 1 rings (SSSR count). The van der Waals surface area contributed by atoms with Crippen LogP contribution in [-0.4, -0.2) is 12.1 Å². The van der Waals surface area contributed by atoms with Crippen LogP contribution in [0.5, 0.6) is 5.75 Å². The third kappa shape index (κ3) is 5.62. The van der Waals surface area contributed by atoms with Gasteiger partial charge in [0.1, 0.15) is 5.75 Å². The Balaban J connectivity index is 2.50. The number of rotatable bonds is 6. The van der Waals surface area contributed by atoms with Gasteiger partial charge in [0.25, 0.3) is 0 Å². The Labute approximate surface area is 105 Å². The van der Waals surface area contributed by atoms with E-state index in [1.807, 2.05) is 26.0 Å². The molecule has 0 fully saturated rings. The van der Waals surface area contributed by atoms with Crippen molar-refractivity contribution in [1.82, 2.24) is 0 Å². The third-order valence-corrected chi connectivity index (χ3v) is 2.46. The van der Waals surface area contributed by atoms with Gasteiger partial charge in [-0.2, -0.15) is 0 Å². The number of hydrogen-bond donors (Lipinski definition) is 1. The van der Waals surface area contributed by atoms with Crippen LogP contribution in [0.25, 0.3) is 0 Å². The van der Waals surface area contributed by atoms with Crippen molar-refractivity contribution in [2.24, 2.45) is 5.92 Å². The molecule has 0 aliphatic rings. The lowest BCUT2D eigenvalue weighted by Crippen LogP contribution is -2.17. The Morgan fingerprint density at radius 2 is 1.59 bits per heavy atom. The van der Waals surface area contributed by atoms with E-state index in [0.29, 0.717) is 6.04 Å². The zero-order chi connectivity index (χ0) is 12.8. The summed E-state index contributed by atoms with van der Waals surface area (Å²) in [5.74, 6) is 1.66. The van der Waals surface area contributed by atoms with E-state index in [2.05, 4.69) is 38.2 Å². The molecule has 0 spiro atoms. The Morgan fingerprint density at radius 3 is 2.06 bits per heavy atom. The second-order valence-electron chi connectivity index (χ2n) is 5.37. The molecule has 0 heterocycles. The Kier molecular flexibility index (Phi) is 5.33. The van der Waals surface area contributed by atoms with Crippen LogP contribution in [0.3, 0.4) is 0 Å². The van der Waals surface area contributed by atoms with Gasteiger partial charge in [0, 0.05) is 11.7 Å². The molecule has 17 heavy (non-hydrogen) atoms. The molecular weight excluding hydrogens is 210 g/mol. The SMILES string of the molecule is CC(C)CC(C)Nc1ccc(OC(C)C)cc1. The van der Waals surface area contributed by atoms with Gasteiger partial charge < -0.3 is 10.1 Å². The zero-order valence-electron chi connectivity index (χ0n) is 11.7. The third-order valence-electron chi connectivity index (χ3n) is 2.46. The van der Waals surface area contributed by atoms with Crippen molar-refractivity contribution in [3.8, 4) is 5.75 Å². The van der Waals surface area contributed by atoms with Gasteiger partial charge in [-0.05, 0) is 57.4 Å². The normalized spacial score (nSPS) is 12.9. The van der Waals surface area contributed by atoms with Crippen molar-refractivity contribution >= 4 is 5.69 Å². The molecule has 0 aromatic heterocycles. The minimum atomic E-state index is 0.230. The first kappa shape index (κ1) is 13.9. The van der Waals surface area contributed by atoms with E-state index in [-0.39, 0.29) is 6.10 Å². The van der Waals surface area contributed by atoms with E-state index >= 15 is 0 Å². The van der Waals surface area contributed by atoms with Crippen LogP contribution in [0.15, 0.2) is 24.3 Å². The molecule has 1 unspecified atom stereocenters. The molecule has 2 heteroatoms. The number of benzene rings is 1. The fourth-order valence-electron chi connectivity index (χ4n) is 1.95. The maximum Gasteiger partial charge on any atom is 0.119 e. The summed E-state index contributed by atoms with van der Waals surface area (Å²) in [4.78, 5) is 0. The van der Waals surface area contributed by atoms with E-state index in [4.69, 9.17) is 4.74 Å². The second kappa shape index (κ2) is 6.53. The van der Waals surface area contributed by atoms with Crippen molar-refractivity contribution in [2.75, 3.05) is 5.32 Å². The predicted molar refractivity (Wildman–Crippen MR) is 74.7 cm³/mol. The van der Waals surface area contributed by atoms with Gasteiger partial charge in [0.2, 0.25) is 0 Å². The van der Waals surface area contributed by atoms with E-state index in [1.54, 1.807) is 0 Å². The molecular formula is C15H25NO. The van der Waals surface area contributed by atoms with E-state index in [9.17, 15) is 0 Å². The topological polar surface area (TPSA) is 21.3 Å². The van der Waals surface area contributed by atoms with Crippen LogP contribution in [0.2, 0.25) is 0 Å². The van der Waals surface area contributed by atoms with Crippen LogP contribution in [-0.2, 0) is 0 Å². The molecule has 0 saturated carbocycles. The van der Waals surface area contributed by atoms with Gasteiger partial charge in [0.15, 0.2) is 0 Å². The molecule has 1 N–H and O–H groups in total. The Bertz CT molecular complexity index is 316. The molecule has 0 aliphatic carbocycles. The van der Waals surface area contributed by atoms with Gasteiger partial charge in [-0.15, -0.1) is 0 Å². The smallest absolute Gasteiger partial charge is 0.119 e. The van der Waals surface area contributed by atoms with Gasteiger partial charge in [-0.25, -0.2) is 0 Å². The largest absolute Gasteiger partial charge is 0.491 e. The summed E-state index contributed by atoms with van der Waals surface area (Å²) in [6, 6.07) is 8.70. The monoisotopic (exact) mass is 235 g/mol. The fourth-order valence-corrected chi connectivity index (χ4v) is 1.95. The standard InChI is InChI=1S/C15H25NO/c1-11(2)10-13(5)16-14-6-8-15(9-7-14)17-12(3)4/h6-9,11-13,16H,10H2,1-5H3. The van der Waals surface area contributed by atoms with Gasteiger partial charge in [-0.3, -0.25) is 0 Å². The number of nitrogens with one attached hydrogen (secondary N) is 1. The quantitative estimate of drug-likeness (QED) is 0.793. The molecule has 0 saturated heterocycles. The lowest BCUT2D eigenvalue weighted by atomic mass is 10.1. The summed E-state index contributed by atoms with van der Waals surface area (Å²) in [7, 11) is 0. The lowest BCUT2D eigenvalue weighted by molar-refractivity contribution is 0.242. The maximum absolute atomic E-state index is 5.61. The van der Waals surface area contributed by atoms with Crippen molar-refractivity contribution in [3.63, 3.8) is 0 Å². The van der Waals surface area contributed by atoms with Crippen LogP contribution in [0.1, 0.15) is 41.0 Å². The summed E-state index contributed by atoms with van der Waals surface area (Å²) in [6.07, 6.45) is 1.42. The molecule has 1 aromatic carbocycles. The maximum atomic E-state index is 5.61. The van der Waals surface area contributed by atoms with Crippen molar-refractivity contribution < 1.29 is 4.74 Å². The van der Waals surface area contributed by atoms with Crippen LogP contribution < -0.4 is 10.1 Å². The summed E-state index contributed by atoms with van der Waals surface area (Å²) < 4.78 is 5.61. The average Bonchev–Trinajstić information content (AvgIpc) is 2.18. The second-order valence-corrected chi connectivity index (χ2v) is 5.37. The van der Waals surface area contributed by atoms with E-state index in [1.165, 1.54) is 6.42 Å². The minimum absolute atomic E-state index is 0.230. The van der Waals surface area contributed by atoms with E-state index < -0.39 is 0 Å². The fraction of sp³-hybridized carbons (Fsp3) is 0.600. The van der Waals surface area contributed by atoms with Crippen LogP contribution in [0.4, 0.5) is 5.69 Å². The van der Waals surface area contributed by atoms with Crippen molar-refractivity contribution in [1.29, 1.82) is 0 Å². The molecule has 96 valence electrons. The molecule has 1 atom stereocenters. The van der Waals surface area contributed by atoms with Gasteiger partial charge >= 0.3 is 0 Å². The first-order valence-electron chi connectivity index (χ1n) is 6.50. The number of hydrogen-bond acceptors (Lipinski definition) is 2. The number of ether oxygens (including phenoxy) is 1. The molecule has 0 radical (unpaired) electrons. The predicted octanol–water partition coefficient (Wildman–Crippen LogP) is 4.32. The highest BCUT2D eigenvalue weighted by molar-refractivity contribution is 5.46. The molecule has 2 nitrogen and oxygen atoms in total. The highest BCUT2D eigenvalue weighted by atomic mass is 16.5.